The second-order valence-corrected chi connectivity index (χ2v) is 4.67. The lowest BCUT2D eigenvalue weighted by Crippen LogP contribution is -1.94. The number of hydrogen-bond donors (Lipinski definition) is 1. The molecule has 0 bridgehead atoms. The van der Waals surface area contributed by atoms with Crippen LogP contribution >= 0.6 is 12.4 Å². The number of benzene rings is 2. The first-order chi connectivity index (χ1) is 9.31. The van der Waals surface area contributed by atoms with E-state index < -0.39 is 0 Å². The normalized spacial score (nSPS) is 10.2. The minimum atomic E-state index is 0. The quantitative estimate of drug-likeness (QED) is 0.784. The Bertz CT molecular complexity index is 712. The van der Waals surface area contributed by atoms with Crippen molar-refractivity contribution in [3.8, 4) is 5.75 Å². The van der Waals surface area contributed by atoms with Crippen LogP contribution in [0.2, 0.25) is 0 Å². The number of nitrogens with zero attached hydrogens (tertiary/aromatic N) is 1. The van der Waals surface area contributed by atoms with Crippen molar-refractivity contribution in [2.45, 2.75) is 12.8 Å². The Morgan fingerprint density at radius 1 is 0.850 bits per heavy atom. The van der Waals surface area contributed by atoms with Crippen LogP contribution < -0.4 is 0 Å². The van der Waals surface area contributed by atoms with Crippen molar-refractivity contribution >= 4 is 23.3 Å². The fourth-order valence-corrected chi connectivity index (χ4v) is 2.23. The Labute approximate surface area is 124 Å². The molecule has 3 aromatic rings. The van der Waals surface area contributed by atoms with Crippen molar-refractivity contribution in [3.63, 3.8) is 0 Å². The lowest BCUT2D eigenvalue weighted by molar-refractivity contribution is 0.474. The average Bonchev–Trinajstić information content (AvgIpc) is 2.45. The second kappa shape index (κ2) is 6.40. The van der Waals surface area contributed by atoms with Gasteiger partial charge in [0.2, 0.25) is 0 Å². The van der Waals surface area contributed by atoms with Gasteiger partial charge in [-0.05, 0) is 42.7 Å². The van der Waals surface area contributed by atoms with Crippen LogP contribution in [0.15, 0.2) is 60.7 Å². The average molecular weight is 286 g/mol. The number of hydrogen-bond acceptors (Lipinski definition) is 2. The van der Waals surface area contributed by atoms with Gasteiger partial charge in [-0.15, -0.1) is 12.4 Å². The number of aryl methyl sites for hydroxylation is 2. The van der Waals surface area contributed by atoms with E-state index in [0.717, 1.165) is 29.6 Å². The van der Waals surface area contributed by atoms with Gasteiger partial charge in [-0.25, -0.2) is 0 Å². The summed E-state index contributed by atoms with van der Waals surface area (Å²) in [5.74, 6) is 0.323. The van der Waals surface area contributed by atoms with Crippen molar-refractivity contribution in [2.75, 3.05) is 0 Å². The predicted octanol–water partition coefficient (Wildman–Crippen LogP) is 4.15. The van der Waals surface area contributed by atoms with Crippen LogP contribution in [0, 0.1) is 0 Å². The van der Waals surface area contributed by atoms with E-state index in [9.17, 15) is 5.11 Å². The lowest BCUT2D eigenvalue weighted by Gasteiger charge is -2.04. The van der Waals surface area contributed by atoms with Gasteiger partial charge in [0, 0.05) is 11.1 Å². The SMILES string of the molecule is Cl.Oc1cccc(CCc2ccc3ccccc3n2)c1. The number of rotatable bonds is 3. The molecular weight excluding hydrogens is 270 g/mol. The molecule has 0 amide bonds. The molecule has 102 valence electrons. The van der Waals surface area contributed by atoms with E-state index in [-0.39, 0.29) is 12.4 Å². The largest absolute Gasteiger partial charge is 0.508 e. The number of phenols is 1. The molecule has 0 aliphatic heterocycles. The molecule has 20 heavy (non-hydrogen) atoms. The van der Waals surface area contributed by atoms with Crippen molar-refractivity contribution in [1.29, 1.82) is 0 Å². The molecule has 0 aliphatic rings. The smallest absolute Gasteiger partial charge is 0.115 e. The molecule has 0 aliphatic carbocycles. The molecule has 2 nitrogen and oxygen atoms in total. The van der Waals surface area contributed by atoms with Crippen LogP contribution in [0.25, 0.3) is 10.9 Å². The maximum Gasteiger partial charge on any atom is 0.115 e. The van der Waals surface area contributed by atoms with Crippen molar-refractivity contribution < 1.29 is 5.11 Å². The van der Waals surface area contributed by atoms with E-state index in [2.05, 4.69) is 23.2 Å². The topological polar surface area (TPSA) is 33.1 Å². The molecule has 0 saturated heterocycles. The highest BCUT2D eigenvalue weighted by Gasteiger charge is 2.00. The molecule has 3 rings (SSSR count). The third-order valence-corrected chi connectivity index (χ3v) is 3.24. The lowest BCUT2D eigenvalue weighted by atomic mass is 10.1. The van der Waals surface area contributed by atoms with Crippen LogP contribution in [-0.4, -0.2) is 10.1 Å². The van der Waals surface area contributed by atoms with Gasteiger partial charge in [0.05, 0.1) is 5.52 Å². The Morgan fingerprint density at radius 3 is 2.55 bits per heavy atom. The summed E-state index contributed by atoms with van der Waals surface area (Å²) < 4.78 is 0. The minimum Gasteiger partial charge on any atom is -0.508 e. The molecule has 1 heterocycles. The number of pyridine rings is 1. The first-order valence-corrected chi connectivity index (χ1v) is 6.44. The number of halogens is 1. The Balaban J connectivity index is 0.00000147. The molecule has 0 spiro atoms. The summed E-state index contributed by atoms with van der Waals surface area (Å²) in [4.78, 5) is 4.65. The summed E-state index contributed by atoms with van der Waals surface area (Å²) in [6.07, 6.45) is 1.77. The fourth-order valence-electron chi connectivity index (χ4n) is 2.23. The van der Waals surface area contributed by atoms with Gasteiger partial charge >= 0.3 is 0 Å². The standard InChI is InChI=1S/C17H15NO.ClH/c19-16-6-3-4-13(12-16)8-10-15-11-9-14-5-1-2-7-17(14)18-15;/h1-7,9,11-12,19H,8,10H2;1H. The highest BCUT2D eigenvalue weighted by Crippen LogP contribution is 2.15. The zero-order valence-corrected chi connectivity index (χ0v) is 11.8. The summed E-state index contributed by atoms with van der Waals surface area (Å²) >= 11 is 0. The number of phenolic OH excluding ortho intramolecular Hbond substituents is 1. The van der Waals surface area contributed by atoms with Crippen LogP contribution in [0.1, 0.15) is 11.3 Å². The summed E-state index contributed by atoms with van der Waals surface area (Å²) in [7, 11) is 0. The van der Waals surface area contributed by atoms with Crippen molar-refractivity contribution in [3.05, 3.63) is 71.9 Å². The summed E-state index contributed by atoms with van der Waals surface area (Å²) in [5, 5.41) is 10.6. The molecule has 0 radical (unpaired) electrons. The van der Waals surface area contributed by atoms with Gasteiger partial charge in [0.25, 0.3) is 0 Å². The second-order valence-electron chi connectivity index (χ2n) is 4.67. The molecule has 0 saturated carbocycles. The molecule has 1 N–H and O–H groups in total. The molecule has 2 aromatic carbocycles. The first-order valence-electron chi connectivity index (χ1n) is 6.44. The highest BCUT2D eigenvalue weighted by molar-refractivity contribution is 5.85. The minimum absolute atomic E-state index is 0. The summed E-state index contributed by atoms with van der Waals surface area (Å²) in [6, 6.07) is 19.7. The molecule has 0 fully saturated rings. The first kappa shape index (κ1) is 14.4. The molecule has 1 aromatic heterocycles. The Hall–Kier alpha value is -2.06. The number of para-hydroxylation sites is 1. The van der Waals surface area contributed by atoms with E-state index >= 15 is 0 Å². The summed E-state index contributed by atoms with van der Waals surface area (Å²) in [5.41, 5.74) is 3.26. The maximum absolute atomic E-state index is 9.44. The van der Waals surface area contributed by atoms with Gasteiger partial charge in [0.15, 0.2) is 0 Å². The molecule has 3 heteroatoms. The van der Waals surface area contributed by atoms with Crippen LogP contribution in [0.5, 0.6) is 5.75 Å². The number of fused-ring (bicyclic) bond motifs is 1. The van der Waals surface area contributed by atoms with Gasteiger partial charge in [0.1, 0.15) is 5.75 Å². The monoisotopic (exact) mass is 285 g/mol. The number of aromatic nitrogens is 1. The third-order valence-electron chi connectivity index (χ3n) is 3.24. The van der Waals surface area contributed by atoms with Crippen molar-refractivity contribution in [1.82, 2.24) is 4.98 Å². The van der Waals surface area contributed by atoms with E-state index in [0.29, 0.717) is 5.75 Å². The van der Waals surface area contributed by atoms with E-state index in [1.165, 1.54) is 5.39 Å². The Morgan fingerprint density at radius 2 is 1.70 bits per heavy atom. The third kappa shape index (κ3) is 3.28. The van der Waals surface area contributed by atoms with E-state index in [4.69, 9.17) is 0 Å². The summed E-state index contributed by atoms with van der Waals surface area (Å²) in [6.45, 7) is 0. The van der Waals surface area contributed by atoms with Crippen LogP contribution in [-0.2, 0) is 12.8 Å². The maximum atomic E-state index is 9.44. The van der Waals surface area contributed by atoms with Crippen LogP contribution in [0.4, 0.5) is 0 Å². The van der Waals surface area contributed by atoms with Crippen LogP contribution in [0.3, 0.4) is 0 Å². The Kier molecular flexibility index (Phi) is 4.59. The predicted molar refractivity (Wildman–Crippen MR) is 84.5 cm³/mol. The zero-order valence-electron chi connectivity index (χ0n) is 11.0. The fraction of sp³-hybridized carbons (Fsp3) is 0.118. The molecule has 0 unspecified atom stereocenters. The molecule has 0 atom stereocenters. The van der Waals surface area contributed by atoms with E-state index in [1.807, 2.05) is 30.3 Å². The number of aromatic hydroxyl groups is 1. The van der Waals surface area contributed by atoms with Gasteiger partial charge in [-0.3, -0.25) is 4.98 Å². The van der Waals surface area contributed by atoms with Crippen molar-refractivity contribution in [2.24, 2.45) is 0 Å². The van der Waals surface area contributed by atoms with Gasteiger partial charge < -0.3 is 5.11 Å². The zero-order chi connectivity index (χ0) is 13.1. The molecular formula is C17H16ClNO. The van der Waals surface area contributed by atoms with Gasteiger partial charge in [-0.2, -0.15) is 0 Å². The van der Waals surface area contributed by atoms with E-state index in [1.54, 1.807) is 12.1 Å². The van der Waals surface area contributed by atoms with Gasteiger partial charge in [-0.1, -0.05) is 36.4 Å². The highest BCUT2D eigenvalue weighted by atomic mass is 35.5.